The van der Waals surface area contributed by atoms with Gasteiger partial charge in [-0.2, -0.15) is 10.1 Å². The van der Waals surface area contributed by atoms with E-state index in [1.54, 1.807) is 6.07 Å². The second kappa shape index (κ2) is 11.4. The van der Waals surface area contributed by atoms with Gasteiger partial charge in [-0.05, 0) is 43.9 Å². The van der Waals surface area contributed by atoms with Gasteiger partial charge in [-0.3, -0.25) is 0 Å². The summed E-state index contributed by atoms with van der Waals surface area (Å²) in [6.45, 7) is 9.65. The van der Waals surface area contributed by atoms with Crippen molar-refractivity contribution < 1.29 is 19.0 Å². The molecule has 194 valence electrons. The minimum Gasteiger partial charge on any atom is -0.478 e. The number of carboxylic acids is 1. The van der Waals surface area contributed by atoms with Crippen LogP contribution in [0.15, 0.2) is 42.7 Å². The fourth-order valence-corrected chi connectivity index (χ4v) is 4.16. The molecular weight excluding hydrogens is 473 g/mol. The van der Waals surface area contributed by atoms with Crippen LogP contribution >= 0.6 is 0 Å². The summed E-state index contributed by atoms with van der Waals surface area (Å²) in [6.07, 6.45) is 6.53. The van der Waals surface area contributed by atoms with Gasteiger partial charge in [-0.25, -0.2) is 18.9 Å². The number of aromatic nitrogens is 4. The first-order chi connectivity index (χ1) is 17.8. The maximum Gasteiger partial charge on any atom is 0.338 e. The maximum atomic E-state index is 15.4. The molecule has 0 saturated heterocycles. The van der Waals surface area contributed by atoms with E-state index >= 15 is 4.39 Å². The van der Waals surface area contributed by atoms with Crippen molar-refractivity contribution in [1.29, 1.82) is 0 Å². The summed E-state index contributed by atoms with van der Waals surface area (Å²) in [5, 5.41) is 14.1. The Labute approximate surface area is 215 Å². The molecule has 0 saturated carbocycles. The van der Waals surface area contributed by atoms with Crippen molar-refractivity contribution in [2.24, 2.45) is 0 Å². The minimum absolute atomic E-state index is 0.0163. The summed E-state index contributed by atoms with van der Waals surface area (Å²) < 4.78 is 22.7. The number of para-hydroxylation sites is 1. The number of rotatable bonds is 11. The van der Waals surface area contributed by atoms with E-state index in [2.05, 4.69) is 28.8 Å². The maximum absolute atomic E-state index is 15.4. The third-order valence-corrected chi connectivity index (χ3v) is 6.24. The Bertz CT molecular complexity index is 1390. The molecule has 37 heavy (non-hydrogen) atoms. The second-order valence-electron chi connectivity index (χ2n) is 9.14. The fourth-order valence-electron chi connectivity index (χ4n) is 4.16. The molecule has 0 atom stereocenters. The van der Waals surface area contributed by atoms with Gasteiger partial charge in [-0.15, -0.1) is 0 Å². The van der Waals surface area contributed by atoms with Crippen LogP contribution in [0.5, 0.6) is 11.5 Å². The molecule has 0 aliphatic rings. The number of unbranched alkanes of at least 4 members (excludes halogenated alkanes) is 2. The molecule has 0 bridgehead atoms. The predicted molar refractivity (Wildman–Crippen MR) is 142 cm³/mol. The molecular formula is C28H32FN5O3. The smallest absolute Gasteiger partial charge is 0.338 e. The van der Waals surface area contributed by atoms with E-state index in [4.69, 9.17) is 9.72 Å². The van der Waals surface area contributed by atoms with Gasteiger partial charge < -0.3 is 14.7 Å². The first kappa shape index (κ1) is 26.1. The van der Waals surface area contributed by atoms with Gasteiger partial charge >= 0.3 is 5.97 Å². The van der Waals surface area contributed by atoms with Gasteiger partial charge in [0.2, 0.25) is 0 Å². The monoisotopic (exact) mass is 505 g/mol. The Kier molecular flexibility index (Phi) is 8.01. The number of carboxylic acid groups (broad SMARTS) is 1. The molecule has 0 unspecified atom stereocenters. The largest absolute Gasteiger partial charge is 0.478 e. The van der Waals surface area contributed by atoms with Gasteiger partial charge in [0.25, 0.3) is 5.95 Å². The molecule has 2 aromatic carbocycles. The number of nitrogens with zero attached hydrogens (tertiary/aromatic N) is 5. The van der Waals surface area contributed by atoms with Crippen molar-refractivity contribution in [3.63, 3.8) is 0 Å². The molecule has 4 aromatic rings. The van der Waals surface area contributed by atoms with Crippen molar-refractivity contribution in [3.05, 3.63) is 65.2 Å². The Balaban J connectivity index is 1.89. The van der Waals surface area contributed by atoms with E-state index in [-0.39, 0.29) is 17.3 Å². The summed E-state index contributed by atoms with van der Waals surface area (Å²) in [4.78, 5) is 22.9. The predicted octanol–water partition coefficient (Wildman–Crippen LogP) is 6.47. The molecule has 9 heteroatoms. The lowest BCUT2D eigenvalue weighted by atomic mass is 10.1. The summed E-state index contributed by atoms with van der Waals surface area (Å²) >= 11 is 0. The average Bonchev–Trinajstić information content (AvgIpc) is 3.37. The van der Waals surface area contributed by atoms with Crippen LogP contribution < -0.4 is 9.64 Å². The number of carbonyl (C=O) groups is 1. The number of aromatic carboxylic acids is 1. The van der Waals surface area contributed by atoms with Crippen molar-refractivity contribution >= 4 is 22.7 Å². The van der Waals surface area contributed by atoms with Gasteiger partial charge in [0.1, 0.15) is 11.6 Å². The molecule has 0 aliphatic heterocycles. The molecule has 0 spiro atoms. The lowest BCUT2D eigenvalue weighted by molar-refractivity contribution is 0.0697. The van der Waals surface area contributed by atoms with Crippen LogP contribution in [0.4, 0.5) is 10.2 Å². The number of aryl methyl sites for hydroxylation is 2. The zero-order valence-corrected chi connectivity index (χ0v) is 21.7. The van der Waals surface area contributed by atoms with E-state index in [9.17, 15) is 9.90 Å². The van der Waals surface area contributed by atoms with Crippen molar-refractivity contribution in [3.8, 4) is 17.4 Å². The molecule has 0 amide bonds. The normalized spacial score (nSPS) is 11.2. The highest BCUT2D eigenvalue weighted by Gasteiger charge is 2.20. The van der Waals surface area contributed by atoms with E-state index in [0.29, 0.717) is 22.5 Å². The van der Waals surface area contributed by atoms with E-state index in [1.807, 2.05) is 32.0 Å². The van der Waals surface area contributed by atoms with Crippen molar-refractivity contribution in [2.75, 3.05) is 18.0 Å². The fraction of sp³-hybridized carbons (Fsp3) is 0.357. The number of anilines is 1. The number of hydrogen-bond donors (Lipinski definition) is 1. The number of benzene rings is 2. The van der Waals surface area contributed by atoms with Gasteiger partial charge in [-0.1, -0.05) is 44.9 Å². The number of halogens is 1. The Morgan fingerprint density at radius 1 is 1.08 bits per heavy atom. The standard InChI is InChI=1S/C28H32FN5O3/c1-5-7-12-33(13-8-6-2)26-21-14-24(37-25-18(3)10-9-11-19(25)4)22(29)15-23(21)31-28(32-26)34-17-20(16-30-34)27(35)36/h9-11,14-17H,5-8,12-13H2,1-4H3,(H,35,36). The van der Waals surface area contributed by atoms with Crippen LogP contribution in [0.2, 0.25) is 0 Å². The van der Waals surface area contributed by atoms with Crippen LogP contribution in [0, 0.1) is 19.7 Å². The zero-order valence-electron chi connectivity index (χ0n) is 21.7. The van der Waals surface area contributed by atoms with Crippen molar-refractivity contribution in [1.82, 2.24) is 19.7 Å². The Hall–Kier alpha value is -4.01. The summed E-state index contributed by atoms with van der Waals surface area (Å²) in [5.74, 6) is -0.117. The van der Waals surface area contributed by atoms with Crippen LogP contribution in [0.25, 0.3) is 16.9 Å². The van der Waals surface area contributed by atoms with Crippen LogP contribution in [0.3, 0.4) is 0 Å². The molecule has 0 aliphatic carbocycles. The highest BCUT2D eigenvalue weighted by molar-refractivity contribution is 5.91. The third kappa shape index (κ3) is 5.71. The lowest BCUT2D eigenvalue weighted by Crippen LogP contribution is -2.27. The number of fused-ring (bicyclic) bond motifs is 1. The summed E-state index contributed by atoms with van der Waals surface area (Å²) in [5.41, 5.74) is 2.22. The van der Waals surface area contributed by atoms with E-state index in [1.165, 1.54) is 23.1 Å². The minimum atomic E-state index is -1.10. The molecule has 2 aromatic heterocycles. The molecule has 0 fully saturated rings. The average molecular weight is 506 g/mol. The SMILES string of the molecule is CCCCN(CCCC)c1nc(-n2cc(C(=O)O)cn2)nc2cc(F)c(Oc3c(C)cccc3C)cc12. The number of hydrogen-bond acceptors (Lipinski definition) is 6. The first-order valence-corrected chi connectivity index (χ1v) is 12.6. The second-order valence-corrected chi connectivity index (χ2v) is 9.14. The zero-order chi connectivity index (χ0) is 26.5. The molecule has 4 rings (SSSR count). The highest BCUT2D eigenvalue weighted by Crippen LogP contribution is 2.35. The van der Waals surface area contributed by atoms with E-state index < -0.39 is 11.8 Å². The van der Waals surface area contributed by atoms with Crippen LogP contribution in [-0.4, -0.2) is 43.9 Å². The van der Waals surface area contributed by atoms with Gasteiger partial charge in [0.05, 0.1) is 17.3 Å². The molecule has 0 radical (unpaired) electrons. The van der Waals surface area contributed by atoms with Crippen molar-refractivity contribution in [2.45, 2.75) is 53.4 Å². The molecule has 1 N–H and O–H groups in total. The van der Waals surface area contributed by atoms with Gasteiger partial charge in [0.15, 0.2) is 11.6 Å². The lowest BCUT2D eigenvalue weighted by Gasteiger charge is -2.25. The highest BCUT2D eigenvalue weighted by atomic mass is 19.1. The first-order valence-electron chi connectivity index (χ1n) is 12.6. The Morgan fingerprint density at radius 3 is 2.35 bits per heavy atom. The Morgan fingerprint density at radius 2 is 1.76 bits per heavy atom. The number of ether oxygens (including phenoxy) is 1. The van der Waals surface area contributed by atoms with Crippen LogP contribution in [-0.2, 0) is 0 Å². The third-order valence-electron chi connectivity index (χ3n) is 6.24. The quantitative estimate of drug-likeness (QED) is 0.250. The van der Waals surface area contributed by atoms with Gasteiger partial charge in [0, 0.05) is 30.7 Å². The van der Waals surface area contributed by atoms with Crippen LogP contribution in [0.1, 0.15) is 61.0 Å². The summed E-state index contributed by atoms with van der Waals surface area (Å²) in [6, 6.07) is 8.79. The topological polar surface area (TPSA) is 93.4 Å². The molecule has 2 heterocycles. The summed E-state index contributed by atoms with van der Waals surface area (Å²) in [7, 11) is 0. The molecule has 8 nitrogen and oxygen atoms in total. The van der Waals surface area contributed by atoms with E-state index in [0.717, 1.165) is 49.9 Å².